The first-order valence-electron chi connectivity index (χ1n) is 8.33. The second-order valence-corrected chi connectivity index (χ2v) is 7.33. The SMILES string of the molecule is CC(=O)Nc1ncc(CN2CCC(C#Cc3ncc(C)cn3)CC2)s1. The highest BCUT2D eigenvalue weighted by Gasteiger charge is 2.18. The van der Waals surface area contributed by atoms with E-state index in [4.69, 9.17) is 0 Å². The molecule has 2 aromatic rings. The zero-order chi connectivity index (χ0) is 17.6. The van der Waals surface area contributed by atoms with Gasteiger partial charge in [-0.15, -0.1) is 11.3 Å². The van der Waals surface area contributed by atoms with E-state index in [9.17, 15) is 4.79 Å². The number of likely N-dealkylation sites (tertiary alicyclic amines) is 1. The fourth-order valence-corrected chi connectivity index (χ4v) is 3.57. The lowest BCUT2D eigenvalue weighted by atomic mass is 9.97. The zero-order valence-corrected chi connectivity index (χ0v) is 15.3. The van der Waals surface area contributed by atoms with Crippen molar-refractivity contribution in [3.05, 3.63) is 34.9 Å². The van der Waals surface area contributed by atoms with E-state index < -0.39 is 0 Å². The van der Waals surface area contributed by atoms with Crippen LogP contribution in [0.5, 0.6) is 0 Å². The first-order valence-corrected chi connectivity index (χ1v) is 9.15. The summed E-state index contributed by atoms with van der Waals surface area (Å²) in [6, 6.07) is 0. The molecular formula is C18H21N5OS. The van der Waals surface area contributed by atoms with Gasteiger partial charge in [0.05, 0.1) is 0 Å². The van der Waals surface area contributed by atoms with Crippen LogP contribution >= 0.6 is 11.3 Å². The summed E-state index contributed by atoms with van der Waals surface area (Å²) < 4.78 is 0. The van der Waals surface area contributed by atoms with Gasteiger partial charge >= 0.3 is 0 Å². The number of thiazole rings is 1. The number of aromatic nitrogens is 3. The third kappa shape index (κ3) is 5.34. The Morgan fingerprint density at radius 3 is 2.68 bits per heavy atom. The molecule has 0 saturated carbocycles. The summed E-state index contributed by atoms with van der Waals surface area (Å²) >= 11 is 1.54. The second kappa shape index (κ2) is 8.19. The topological polar surface area (TPSA) is 71.0 Å². The number of nitrogens with zero attached hydrogens (tertiary/aromatic N) is 4. The van der Waals surface area contributed by atoms with Crippen LogP contribution in [0.25, 0.3) is 0 Å². The highest BCUT2D eigenvalue weighted by Crippen LogP contribution is 2.23. The Morgan fingerprint density at radius 2 is 2.00 bits per heavy atom. The summed E-state index contributed by atoms with van der Waals surface area (Å²) in [7, 11) is 0. The van der Waals surface area contributed by atoms with Crippen molar-refractivity contribution in [3.63, 3.8) is 0 Å². The third-order valence-corrected chi connectivity index (χ3v) is 4.87. The predicted octanol–water partition coefficient (Wildman–Crippen LogP) is 2.46. The normalized spacial score (nSPS) is 15.4. The monoisotopic (exact) mass is 355 g/mol. The van der Waals surface area contributed by atoms with Crippen LogP contribution in [-0.2, 0) is 11.3 Å². The van der Waals surface area contributed by atoms with Crippen molar-refractivity contribution in [2.45, 2.75) is 33.2 Å². The Morgan fingerprint density at radius 1 is 1.28 bits per heavy atom. The molecule has 0 aliphatic carbocycles. The van der Waals surface area contributed by atoms with E-state index in [0.717, 1.165) is 38.0 Å². The number of hydrogen-bond donors (Lipinski definition) is 1. The van der Waals surface area contributed by atoms with Gasteiger partial charge in [-0.1, -0.05) is 5.92 Å². The smallest absolute Gasteiger partial charge is 0.223 e. The summed E-state index contributed by atoms with van der Waals surface area (Å²) in [5.74, 6) is 7.31. The Balaban J connectivity index is 1.48. The van der Waals surface area contributed by atoms with Gasteiger partial charge in [0.2, 0.25) is 11.7 Å². The average Bonchev–Trinajstić information content (AvgIpc) is 3.02. The minimum Gasteiger partial charge on any atom is -0.302 e. The molecule has 2 aromatic heterocycles. The Kier molecular flexibility index (Phi) is 5.74. The number of piperidine rings is 1. The van der Waals surface area contributed by atoms with Gasteiger partial charge in [0, 0.05) is 42.9 Å². The number of nitrogens with one attached hydrogen (secondary N) is 1. The lowest BCUT2D eigenvalue weighted by Gasteiger charge is -2.29. The number of carbonyl (C=O) groups is 1. The molecule has 0 aromatic carbocycles. The number of amides is 1. The molecule has 7 heteroatoms. The van der Waals surface area contributed by atoms with Crippen LogP contribution in [0.3, 0.4) is 0 Å². The lowest BCUT2D eigenvalue weighted by molar-refractivity contribution is -0.114. The molecule has 1 aliphatic rings. The Bertz CT molecular complexity index is 782. The van der Waals surface area contributed by atoms with E-state index >= 15 is 0 Å². The molecular weight excluding hydrogens is 334 g/mol. The van der Waals surface area contributed by atoms with Gasteiger partial charge in [0.25, 0.3) is 0 Å². The largest absolute Gasteiger partial charge is 0.302 e. The van der Waals surface area contributed by atoms with Crippen molar-refractivity contribution in [3.8, 4) is 11.8 Å². The molecule has 1 saturated heterocycles. The van der Waals surface area contributed by atoms with Crippen molar-refractivity contribution in [1.82, 2.24) is 19.9 Å². The minimum atomic E-state index is -0.0853. The van der Waals surface area contributed by atoms with Crippen LogP contribution in [0.4, 0.5) is 5.13 Å². The number of carbonyl (C=O) groups excluding carboxylic acids is 1. The Hall–Kier alpha value is -2.30. The van der Waals surface area contributed by atoms with Crippen LogP contribution in [0.15, 0.2) is 18.6 Å². The van der Waals surface area contributed by atoms with Gasteiger partial charge in [-0.25, -0.2) is 15.0 Å². The molecule has 0 bridgehead atoms. The van der Waals surface area contributed by atoms with Crippen LogP contribution in [0.1, 0.15) is 36.0 Å². The van der Waals surface area contributed by atoms with Crippen molar-refractivity contribution < 1.29 is 4.79 Å². The molecule has 25 heavy (non-hydrogen) atoms. The van der Waals surface area contributed by atoms with E-state index in [-0.39, 0.29) is 5.91 Å². The summed E-state index contributed by atoms with van der Waals surface area (Å²) in [5.41, 5.74) is 1.04. The van der Waals surface area contributed by atoms with Crippen molar-refractivity contribution in [1.29, 1.82) is 0 Å². The van der Waals surface area contributed by atoms with Crippen LogP contribution in [0.2, 0.25) is 0 Å². The number of hydrogen-bond acceptors (Lipinski definition) is 6. The molecule has 1 N–H and O–H groups in total. The minimum absolute atomic E-state index is 0.0853. The predicted molar refractivity (Wildman–Crippen MR) is 98.1 cm³/mol. The van der Waals surface area contributed by atoms with Crippen molar-refractivity contribution >= 4 is 22.4 Å². The molecule has 130 valence electrons. The summed E-state index contributed by atoms with van der Waals surface area (Å²) in [4.78, 5) is 27.3. The summed E-state index contributed by atoms with van der Waals surface area (Å²) in [5, 5.41) is 3.39. The maximum absolute atomic E-state index is 11.1. The molecule has 6 nitrogen and oxygen atoms in total. The Labute approximate surface area is 151 Å². The summed E-state index contributed by atoms with van der Waals surface area (Å²) in [6.07, 6.45) is 7.54. The number of rotatable bonds is 3. The van der Waals surface area contributed by atoms with Gasteiger partial charge in [-0.3, -0.25) is 9.69 Å². The van der Waals surface area contributed by atoms with E-state index in [1.165, 1.54) is 23.1 Å². The fourth-order valence-electron chi connectivity index (χ4n) is 2.67. The maximum atomic E-state index is 11.1. The van der Waals surface area contributed by atoms with E-state index in [1.807, 2.05) is 13.1 Å². The maximum Gasteiger partial charge on any atom is 0.223 e. The van der Waals surface area contributed by atoms with Gasteiger partial charge in [-0.2, -0.15) is 0 Å². The lowest BCUT2D eigenvalue weighted by Crippen LogP contribution is -2.32. The number of aryl methyl sites for hydroxylation is 1. The number of anilines is 1. The molecule has 0 unspecified atom stereocenters. The molecule has 3 heterocycles. The standard InChI is InChI=1S/C18H21N5OS/c1-13-9-19-17(20-10-13)4-3-15-5-7-23(8-6-15)12-16-11-21-18(25-16)22-14(2)24/h9-11,15H,5-8,12H2,1-2H3,(H,21,22,24). The third-order valence-electron chi connectivity index (χ3n) is 3.97. The summed E-state index contributed by atoms with van der Waals surface area (Å²) in [6.45, 7) is 6.37. The van der Waals surface area contributed by atoms with E-state index in [2.05, 4.69) is 37.0 Å². The van der Waals surface area contributed by atoms with Crippen molar-refractivity contribution in [2.75, 3.05) is 18.4 Å². The van der Waals surface area contributed by atoms with Gasteiger partial charge in [0.15, 0.2) is 5.13 Å². The van der Waals surface area contributed by atoms with Crippen LogP contribution in [0, 0.1) is 24.7 Å². The first kappa shape index (κ1) is 17.5. The van der Waals surface area contributed by atoms with Gasteiger partial charge in [0.1, 0.15) is 0 Å². The molecule has 1 amide bonds. The second-order valence-electron chi connectivity index (χ2n) is 6.22. The molecule has 3 rings (SSSR count). The molecule has 0 spiro atoms. The zero-order valence-electron chi connectivity index (χ0n) is 14.5. The van der Waals surface area contributed by atoms with Crippen LogP contribution in [-0.4, -0.2) is 38.8 Å². The van der Waals surface area contributed by atoms with Gasteiger partial charge < -0.3 is 5.32 Å². The average molecular weight is 355 g/mol. The van der Waals surface area contributed by atoms with Gasteiger partial charge in [-0.05, 0) is 44.3 Å². The molecule has 0 radical (unpaired) electrons. The van der Waals surface area contributed by atoms with E-state index in [0.29, 0.717) is 16.9 Å². The van der Waals surface area contributed by atoms with Crippen molar-refractivity contribution in [2.24, 2.45) is 5.92 Å². The first-order chi connectivity index (χ1) is 12.1. The fraction of sp³-hybridized carbons (Fsp3) is 0.444. The highest BCUT2D eigenvalue weighted by molar-refractivity contribution is 7.15. The molecule has 0 atom stereocenters. The highest BCUT2D eigenvalue weighted by atomic mass is 32.1. The molecule has 1 aliphatic heterocycles. The van der Waals surface area contributed by atoms with E-state index in [1.54, 1.807) is 12.4 Å². The quantitative estimate of drug-likeness (QED) is 0.857. The van der Waals surface area contributed by atoms with Crippen LogP contribution < -0.4 is 5.32 Å². The molecule has 1 fully saturated rings.